The van der Waals surface area contributed by atoms with E-state index in [-0.39, 0.29) is 5.75 Å². The van der Waals surface area contributed by atoms with Crippen LogP contribution >= 0.6 is 0 Å². The molecular weight excluding hydrogens is 447 g/mol. The molecule has 0 bridgehead atoms. The minimum absolute atomic E-state index is 0.305. The number of rotatable bonds is 9. The summed E-state index contributed by atoms with van der Waals surface area (Å²) in [5, 5.41) is 2.67. The summed E-state index contributed by atoms with van der Waals surface area (Å²) in [7, 11) is 5.98. The van der Waals surface area contributed by atoms with Gasteiger partial charge < -0.3 is 19.9 Å². The number of halogens is 3. The largest absolute Gasteiger partial charge is 0.573 e. The lowest BCUT2D eigenvalue weighted by Crippen LogP contribution is -2.25. The van der Waals surface area contributed by atoms with E-state index in [1.807, 2.05) is 38.2 Å². The van der Waals surface area contributed by atoms with Gasteiger partial charge in [0.15, 0.2) is 0 Å². The zero-order valence-corrected chi connectivity index (χ0v) is 19.1. The average molecular weight is 473 g/mol. The van der Waals surface area contributed by atoms with E-state index in [0.29, 0.717) is 11.3 Å². The summed E-state index contributed by atoms with van der Waals surface area (Å²) in [5.41, 5.74) is 2.20. The Morgan fingerprint density at radius 2 is 1.79 bits per heavy atom. The Morgan fingerprint density at radius 3 is 2.41 bits per heavy atom. The van der Waals surface area contributed by atoms with E-state index in [1.165, 1.54) is 18.3 Å². The van der Waals surface area contributed by atoms with E-state index in [9.17, 15) is 18.0 Å². The fourth-order valence-electron chi connectivity index (χ4n) is 3.29. The second-order valence-corrected chi connectivity index (χ2v) is 7.94. The lowest BCUT2D eigenvalue weighted by molar-refractivity contribution is -0.274. The molecule has 0 unspecified atom stereocenters. The number of carbonyl (C=O) groups is 1. The molecule has 3 rings (SSSR count). The summed E-state index contributed by atoms with van der Waals surface area (Å²) in [6, 6.07) is 10.4. The summed E-state index contributed by atoms with van der Waals surface area (Å²) in [6.45, 7) is 1.70. The third-order valence-electron chi connectivity index (χ3n) is 4.91. The van der Waals surface area contributed by atoms with Gasteiger partial charge in [-0.2, -0.15) is 0 Å². The van der Waals surface area contributed by atoms with Gasteiger partial charge in [-0.05, 0) is 63.5 Å². The standard InChI is InChI=1S/C24H26F3N5O2/c1-31(2)12-5-13-32(3)22-21(17-6-4-11-28-15-17)14-18(16-29-22)23(33)30-19-7-9-20(10-8-19)34-24(25,26)27/h4,6-11,14-16H,5,12-13H2,1-3H3,(H,30,33). The van der Waals surface area contributed by atoms with Crippen molar-refractivity contribution in [2.75, 3.05) is 44.4 Å². The smallest absolute Gasteiger partial charge is 0.406 e. The predicted octanol–water partition coefficient (Wildman–Crippen LogP) is 4.68. The molecule has 0 aliphatic carbocycles. The van der Waals surface area contributed by atoms with E-state index in [2.05, 4.69) is 24.9 Å². The second kappa shape index (κ2) is 11.0. The van der Waals surface area contributed by atoms with Crippen LogP contribution in [0.4, 0.5) is 24.7 Å². The molecule has 1 amide bonds. The predicted molar refractivity (Wildman–Crippen MR) is 125 cm³/mol. The van der Waals surface area contributed by atoms with Crippen LogP contribution in [0.5, 0.6) is 5.75 Å². The molecule has 10 heteroatoms. The zero-order valence-electron chi connectivity index (χ0n) is 19.1. The van der Waals surface area contributed by atoms with E-state index in [4.69, 9.17) is 0 Å². The molecule has 180 valence electrons. The van der Waals surface area contributed by atoms with Crippen LogP contribution in [0, 0.1) is 0 Å². The first-order chi connectivity index (χ1) is 16.1. The SMILES string of the molecule is CN(C)CCCN(C)c1ncc(C(=O)Nc2ccc(OC(F)(F)F)cc2)cc1-c1cccnc1. The van der Waals surface area contributed by atoms with Gasteiger partial charge in [0.1, 0.15) is 11.6 Å². The fraction of sp³-hybridized carbons (Fsp3) is 0.292. The van der Waals surface area contributed by atoms with Crippen LogP contribution in [0.1, 0.15) is 16.8 Å². The van der Waals surface area contributed by atoms with Gasteiger partial charge >= 0.3 is 6.36 Å². The molecule has 7 nitrogen and oxygen atoms in total. The minimum Gasteiger partial charge on any atom is -0.406 e. The van der Waals surface area contributed by atoms with Crippen LogP contribution in [-0.4, -0.2) is 61.4 Å². The highest BCUT2D eigenvalue weighted by Gasteiger charge is 2.31. The monoisotopic (exact) mass is 473 g/mol. The molecule has 0 saturated carbocycles. The number of nitrogens with one attached hydrogen (secondary N) is 1. The topological polar surface area (TPSA) is 70.6 Å². The number of hydrogen-bond acceptors (Lipinski definition) is 6. The average Bonchev–Trinajstić information content (AvgIpc) is 2.79. The Hall–Kier alpha value is -3.66. The Balaban J connectivity index is 1.81. The van der Waals surface area contributed by atoms with Crippen molar-refractivity contribution < 1.29 is 22.7 Å². The van der Waals surface area contributed by atoms with Crippen molar-refractivity contribution in [1.29, 1.82) is 0 Å². The maximum absolute atomic E-state index is 12.8. The first-order valence-corrected chi connectivity index (χ1v) is 10.6. The highest BCUT2D eigenvalue weighted by Crippen LogP contribution is 2.30. The Bertz CT molecular complexity index is 1090. The molecule has 34 heavy (non-hydrogen) atoms. The summed E-state index contributed by atoms with van der Waals surface area (Å²) in [6.07, 6.45) is 1.01. The first-order valence-electron chi connectivity index (χ1n) is 10.6. The van der Waals surface area contributed by atoms with E-state index >= 15 is 0 Å². The molecule has 3 aromatic rings. The summed E-state index contributed by atoms with van der Waals surface area (Å²) >= 11 is 0. The van der Waals surface area contributed by atoms with Crippen molar-refractivity contribution in [3.63, 3.8) is 0 Å². The Kier molecular flexibility index (Phi) is 8.06. The Labute approximate surface area is 196 Å². The first kappa shape index (κ1) is 25.0. The molecular formula is C24H26F3N5O2. The number of aromatic nitrogens is 2. The van der Waals surface area contributed by atoms with Crippen molar-refractivity contribution in [3.8, 4) is 16.9 Å². The number of pyridine rings is 2. The van der Waals surface area contributed by atoms with Crippen LogP contribution in [0.3, 0.4) is 0 Å². The molecule has 0 saturated heterocycles. The minimum atomic E-state index is -4.78. The number of hydrogen-bond donors (Lipinski definition) is 1. The lowest BCUT2D eigenvalue weighted by atomic mass is 10.1. The Morgan fingerprint density at radius 1 is 1.06 bits per heavy atom. The molecule has 0 spiro atoms. The van der Waals surface area contributed by atoms with Gasteiger partial charge in [-0.3, -0.25) is 9.78 Å². The van der Waals surface area contributed by atoms with Crippen molar-refractivity contribution >= 4 is 17.4 Å². The van der Waals surface area contributed by atoms with Gasteiger partial charge in [-0.1, -0.05) is 6.07 Å². The molecule has 0 fully saturated rings. The van der Waals surface area contributed by atoms with Crippen molar-refractivity contribution in [3.05, 3.63) is 66.6 Å². The third-order valence-corrected chi connectivity index (χ3v) is 4.91. The molecule has 0 aliphatic heterocycles. The summed E-state index contributed by atoms with van der Waals surface area (Å²) in [4.78, 5) is 25.7. The molecule has 1 aromatic carbocycles. The maximum Gasteiger partial charge on any atom is 0.573 e. The highest BCUT2D eigenvalue weighted by atomic mass is 19.4. The molecule has 0 radical (unpaired) electrons. The van der Waals surface area contributed by atoms with Crippen LogP contribution < -0.4 is 15.0 Å². The van der Waals surface area contributed by atoms with Gasteiger partial charge in [-0.15, -0.1) is 13.2 Å². The molecule has 2 aromatic heterocycles. The molecule has 1 N–H and O–H groups in total. The van der Waals surface area contributed by atoms with Crippen LogP contribution in [0.2, 0.25) is 0 Å². The normalized spacial score (nSPS) is 11.4. The molecule has 0 atom stereocenters. The second-order valence-electron chi connectivity index (χ2n) is 7.94. The quantitative estimate of drug-likeness (QED) is 0.487. The zero-order chi connectivity index (χ0) is 24.7. The van der Waals surface area contributed by atoms with E-state index in [1.54, 1.807) is 18.5 Å². The number of anilines is 2. The van der Waals surface area contributed by atoms with Gasteiger partial charge in [0.2, 0.25) is 0 Å². The number of nitrogens with zero attached hydrogens (tertiary/aromatic N) is 4. The van der Waals surface area contributed by atoms with E-state index in [0.717, 1.165) is 48.6 Å². The van der Waals surface area contributed by atoms with Gasteiger partial charge in [0, 0.05) is 49.0 Å². The summed E-state index contributed by atoms with van der Waals surface area (Å²) < 4.78 is 40.9. The van der Waals surface area contributed by atoms with E-state index < -0.39 is 12.3 Å². The van der Waals surface area contributed by atoms with Gasteiger partial charge in [0.05, 0.1) is 5.56 Å². The number of carbonyl (C=O) groups excluding carboxylic acids is 1. The van der Waals surface area contributed by atoms with Gasteiger partial charge in [0.25, 0.3) is 5.91 Å². The summed E-state index contributed by atoms with van der Waals surface area (Å²) in [5.74, 6) is -0.0893. The fourth-order valence-corrected chi connectivity index (χ4v) is 3.29. The maximum atomic E-state index is 12.8. The highest BCUT2D eigenvalue weighted by molar-refractivity contribution is 6.05. The van der Waals surface area contributed by atoms with Crippen LogP contribution in [0.15, 0.2) is 61.1 Å². The molecule has 0 aliphatic rings. The van der Waals surface area contributed by atoms with Crippen molar-refractivity contribution in [2.24, 2.45) is 0 Å². The van der Waals surface area contributed by atoms with Crippen LogP contribution in [0.25, 0.3) is 11.1 Å². The van der Waals surface area contributed by atoms with Crippen molar-refractivity contribution in [1.82, 2.24) is 14.9 Å². The number of alkyl halides is 3. The number of ether oxygens (including phenoxy) is 1. The van der Waals surface area contributed by atoms with Gasteiger partial charge in [-0.25, -0.2) is 4.98 Å². The lowest BCUT2D eigenvalue weighted by Gasteiger charge is -2.22. The third kappa shape index (κ3) is 7.17. The van der Waals surface area contributed by atoms with Crippen LogP contribution in [-0.2, 0) is 0 Å². The number of amides is 1. The van der Waals surface area contributed by atoms with Crippen molar-refractivity contribution in [2.45, 2.75) is 12.8 Å². The number of benzene rings is 1. The molecule has 2 heterocycles.